The molecule has 74 valence electrons. The van der Waals surface area contributed by atoms with Crippen molar-refractivity contribution < 1.29 is 19.3 Å². The van der Waals surface area contributed by atoms with Crippen LogP contribution in [0.1, 0.15) is 39.5 Å². The quantitative estimate of drug-likeness (QED) is 0.538. The van der Waals surface area contributed by atoms with E-state index in [9.17, 15) is 4.79 Å². The molecular weight excluding hydrogens is 172 g/mol. The molecule has 0 atom stereocenters. The Balaban J connectivity index is 2.04. The van der Waals surface area contributed by atoms with E-state index in [1.165, 1.54) is 0 Å². The van der Waals surface area contributed by atoms with E-state index in [2.05, 4.69) is 0 Å². The van der Waals surface area contributed by atoms with Crippen molar-refractivity contribution in [3.8, 4) is 0 Å². The Morgan fingerprint density at radius 2 is 1.77 bits per heavy atom. The Bertz CT molecular complexity index is 224. The van der Waals surface area contributed by atoms with Crippen molar-refractivity contribution in [1.29, 1.82) is 0 Å². The number of ketones is 1. The van der Waals surface area contributed by atoms with Gasteiger partial charge in [-0.1, -0.05) is 0 Å². The molecule has 4 nitrogen and oxygen atoms in total. The summed E-state index contributed by atoms with van der Waals surface area (Å²) in [6.07, 6.45) is 2.27. The number of carbonyl (C=O) groups excluding carboxylic acids is 1. The van der Waals surface area contributed by atoms with Gasteiger partial charge in [-0.25, -0.2) is 0 Å². The lowest BCUT2D eigenvalue weighted by Crippen LogP contribution is -2.37. The van der Waals surface area contributed by atoms with Gasteiger partial charge >= 0.3 is 0 Å². The maximum atomic E-state index is 11.0. The van der Waals surface area contributed by atoms with Crippen molar-refractivity contribution >= 4 is 5.78 Å². The SMILES string of the molecule is CC1(C)OOC2(CCC(=O)CC2)O1. The molecule has 2 fully saturated rings. The molecule has 0 amide bonds. The van der Waals surface area contributed by atoms with Gasteiger partial charge in [0.2, 0.25) is 5.79 Å². The molecule has 1 saturated carbocycles. The summed E-state index contributed by atoms with van der Waals surface area (Å²) in [7, 11) is 0. The van der Waals surface area contributed by atoms with Crippen molar-refractivity contribution in [3.05, 3.63) is 0 Å². The largest absolute Gasteiger partial charge is 0.313 e. The van der Waals surface area contributed by atoms with Gasteiger partial charge in [0.15, 0.2) is 5.79 Å². The van der Waals surface area contributed by atoms with E-state index in [1.807, 2.05) is 0 Å². The van der Waals surface area contributed by atoms with Gasteiger partial charge in [0.25, 0.3) is 0 Å². The van der Waals surface area contributed by atoms with E-state index in [1.54, 1.807) is 13.8 Å². The molecular formula is C9H14O4. The highest BCUT2D eigenvalue weighted by Crippen LogP contribution is 2.41. The van der Waals surface area contributed by atoms with Gasteiger partial charge in [-0.15, -0.1) is 0 Å². The standard InChI is InChI=1S/C9H14O4/c1-8(2)11-9(13-12-8)5-3-7(10)4-6-9/h3-6H2,1-2H3. The van der Waals surface area contributed by atoms with Crippen molar-refractivity contribution in [2.45, 2.75) is 51.1 Å². The van der Waals surface area contributed by atoms with E-state index in [4.69, 9.17) is 14.5 Å². The lowest BCUT2D eigenvalue weighted by atomic mass is 9.93. The summed E-state index contributed by atoms with van der Waals surface area (Å²) in [6, 6.07) is 0. The molecule has 1 spiro atoms. The molecule has 1 aliphatic heterocycles. The molecule has 0 aromatic heterocycles. The highest BCUT2D eigenvalue weighted by atomic mass is 17.3. The number of hydrogen-bond acceptors (Lipinski definition) is 4. The number of Topliss-reactive ketones (excluding diaryl/α,β-unsaturated/α-hetero) is 1. The number of rotatable bonds is 0. The maximum absolute atomic E-state index is 11.0. The van der Waals surface area contributed by atoms with Gasteiger partial charge in [-0.3, -0.25) is 4.79 Å². The predicted octanol–water partition coefficient (Wildman–Crippen LogP) is 1.54. The summed E-state index contributed by atoms with van der Waals surface area (Å²) in [5, 5.41) is 0. The monoisotopic (exact) mass is 186 g/mol. The van der Waals surface area contributed by atoms with Gasteiger partial charge in [0.1, 0.15) is 5.78 Å². The minimum atomic E-state index is -0.680. The van der Waals surface area contributed by atoms with E-state index >= 15 is 0 Å². The van der Waals surface area contributed by atoms with E-state index in [0.717, 1.165) is 0 Å². The van der Waals surface area contributed by atoms with Crippen molar-refractivity contribution in [2.75, 3.05) is 0 Å². The fraction of sp³-hybridized carbons (Fsp3) is 0.889. The third-order valence-electron chi connectivity index (χ3n) is 2.40. The Labute approximate surface area is 77.1 Å². The molecule has 0 radical (unpaired) electrons. The molecule has 0 unspecified atom stereocenters. The Morgan fingerprint density at radius 3 is 2.23 bits per heavy atom. The van der Waals surface area contributed by atoms with Crippen LogP contribution in [0.2, 0.25) is 0 Å². The Hall–Kier alpha value is -0.450. The summed E-state index contributed by atoms with van der Waals surface area (Å²) >= 11 is 0. The zero-order valence-corrected chi connectivity index (χ0v) is 7.96. The average molecular weight is 186 g/mol. The minimum absolute atomic E-state index is 0.280. The van der Waals surface area contributed by atoms with Gasteiger partial charge in [0, 0.05) is 25.7 Å². The zero-order chi connectivity index (χ0) is 9.53. The van der Waals surface area contributed by atoms with Crippen molar-refractivity contribution in [3.63, 3.8) is 0 Å². The van der Waals surface area contributed by atoms with Crippen molar-refractivity contribution in [1.82, 2.24) is 0 Å². The summed E-state index contributed by atoms with van der Waals surface area (Å²) in [5.74, 6) is -1.06. The zero-order valence-electron chi connectivity index (χ0n) is 7.96. The van der Waals surface area contributed by atoms with Crippen LogP contribution in [0.25, 0.3) is 0 Å². The molecule has 0 bridgehead atoms. The molecule has 0 aromatic carbocycles. The van der Waals surface area contributed by atoms with Crippen LogP contribution < -0.4 is 0 Å². The maximum Gasteiger partial charge on any atom is 0.205 e. The number of hydrogen-bond donors (Lipinski definition) is 0. The normalized spacial score (nSPS) is 31.1. The molecule has 4 heteroatoms. The van der Waals surface area contributed by atoms with Gasteiger partial charge < -0.3 is 4.74 Å². The fourth-order valence-corrected chi connectivity index (χ4v) is 1.75. The predicted molar refractivity (Wildman–Crippen MR) is 43.5 cm³/mol. The first-order valence-corrected chi connectivity index (χ1v) is 4.60. The lowest BCUT2D eigenvalue weighted by molar-refractivity contribution is -0.347. The van der Waals surface area contributed by atoms with Crippen LogP contribution in [0, 0.1) is 0 Å². The summed E-state index contributed by atoms with van der Waals surface area (Å²) in [5.41, 5.74) is 0. The van der Waals surface area contributed by atoms with E-state index in [0.29, 0.717) is 25.7 Å². The lowest BCUT2D eigenvalue weighted by Gasteiger charge is -2.29. The second kappa shape index (κ2) is 2.77. The van der Waals surface area contributed by atoms with Crippen LogP contribution in [0.4, 0.5) is 0 Å². The molecule has 1 saturated heterocycles. The van der Waals surface area contributed by atoms with Gasteiger partial charge in [0.05, 0.1) is 0 Å². The number of ether oxygens (including phenoxy) is 1. The summed E-state index contributed by atoms with van der Waals surface area (Å²) < 4.78 is 5.63. The fourth-order valence-electron chi connectivity index (χ4n) is 1.75. The smallest absolute Gasteiger partial charge is 0.205 e. The summed E-state index contributed by atoms with van der Waals surface area (Å²) in [4.78, 5) is 21.2. The minimum Gasteiger partial charge on any atom is -0.313 e. The van der Waals surface area contributed by atoms with Crippen LogP contribution in [-0.4, -0.2) is 17.4 Å². The second-order valence-electron chi connectivity index (χ2n) is 4.12. The third kappa shape index (κ3) is 1.75. The van der Waals surface area contributed by atoms with Crippen LogP contribution in [-0.2, 0) is 19.3 Å². The first-order chi connectivity index (χ1) is 6.02. The molecule has 2 aliphatic rings. The third-order valence-corrected chi connectivity index (χ3v) is 2.40. The molecule has 1 aliphatic carbocycles. The van der Waals surface area contributed by atoms with Crippen molar-refractivity contribution in [2.24, 2.45) is 0 Å². The Kier molecular flexibility index (Phi) is 1.94. The molecule has 0 aromatic rings. The van der Waals surface area contributed by atoms with E-state index in [-0.39, 0.29) is 5.78 Å². The summed E-state index contributed by atoms with van der Waals surface area (Å²) in [6.45, 7) is 3.61. The molecule has 0 N–H and O–H groups in total. The first kappa shape index (κ1) is 9.12. The van der Waals surface area contributed by atoms with Crippen LogP contribution >= 0.6 is 0 Å². The average Bonchev–Trinajstić information content (AvgIpc) is 2.35. The molecule has 2 rings (SSSR count). The van der Waals surface area contributed by atoms with Gasteiger partial charge in [-0.05, 0) is 13.8 Å². The molecule has 1 heterocycles. The molecule has 13 heavy (non-hydrogen) atoms. The highest BCUT2D eigenvalue weighted by Gasteiger charge is 2.49. The van der Waals surface area contributed by atoms with Crippen LogP contribution in [0.15, 0.2) is 0 Å². The van der Waals surface area contributed by atoms with E-state index < -0.39 is 11.6 Å². The first-order valence-electron chi connectivity index (χ1n) is 4.60. The van der Waals surface area contributed by atoms with Gasteiger partial charge in [-0.2, -0.15) is 9.78 Å². The Morgan fingerprint density at radius 1 is 1.15 bits per heavy atom. The number of carbonyl (C=O) groups is 1. The van der Waals surface area contributed by atoms with Crippen LogP contribution in [0.3, 0.4) is 0 Å². The highest BCUT2D eigenvalue weighted by molar-refractivity contribution is 5.79. The topological polar surface area (TPSA) is 44.8 Å². The second-order valence-corrected chi connectivity index (χ2v) is 4.12. The van der Waals surface area contributed by atoms with Crippen LogP contribution in [0.5, 0.6) is 0 Å².